The number of piperidine rings is 1. The predicted octanol–water partition coefficient (Wildman–Crippen LogP) is 4.24. The molecule has 1 aliphatic heterocycles. The van der Waals surface area contributed by atoms with E-state index in [1.165, 1.54) is 0 Å². The van der Waals surface area contributed by atoms with Crippen LogP contribution in [0.4, 0.5) is 0 Å². The Kier molecular flexibility index (Phi) is 5.59. The molecule has 0 radical (unpaired) electrons. The van der Waals surface area contributed by atoms with Crippen LogP contribution in [0, 0.1) is 5.92 Å². The van der Waals surface area contributed by atoms with Crippen LogP contribution >= 0.6 is 23.2 Å². The molecule has 0 spiro atoms. The van der Waals surface area contributed by atoms with Gasteiger partial charge in [0.1, 0.15) is 5.69 Å². The van der Waals surface area contributed by atoms with Gasteiger partial charge in [-0.3, -0.25) is 4.90 Å². The molecule has 4 nitrogen and oxygen atoms in total. The molecule has 1 fully saturated rings. The first-order chi connectivity index (χ1) is 11.2. The van der Waals surface area contributed by atoms with Crippen LogP contribution in [-0.2, 0) is 6.54 Å². The summed E-state index contributed by atoms with van der Waals surface area (Å²) in [4.78, 5) is 2.37. The maximum Gasteiger partial charge on any atom is 0.151 e. The van der Waals surface area contributed by atoms with Gasteiger partial charge in [-0.2, -0.15) is 0 Å². The summed E-state index contributed by atoms with van der Waals surface area (Å²) in [5, 5.41) is 14.2. The third kappa shape index (κ3) is 4.27. The van der Waals surface area contributed by atoms with Crippen LogP contribution in [0.1, 0.15) is 25.0 Å². The highest BCUT2D eigenvalue weighted by Gasteiger charge is 2.20. The third-order valence-electron chi connectivity index (χ3n) is 4.40. The zero-order valence-corrected chi connectivity index (χ0v) is 14.4. The maximum absolute atomic E-state index is 9.01. The fourth-order valence-corrected chi connectivity index (χ4v) is 3.31. The van der Waals surface area contributed by atoms with Gasteiger partial charge < -0.3 is 9.63 Å². The van der Waals surface area contributed by atoms with E-state index in [4.69, 9.17) is 32.8 Å². The highest BCUT2D eigenvalue weighted by Crippen LogP contribution is 2.29. The molecule has 0 amide bonds. The second-order valence-electron chi connectivity index (χ2n) is 6.04. The quantitative estimate of drug-likeness (QED) is 0.872. The molecule has 3 rings (SSSR count). The summed E-state index contributed by atoms with van der Waals surface area (Å²) >= 11 is 12.0. The van der Waals surface area contributed by atoms with E-state index in [1.807, 2.05) is 12.1 Å². The first kappa shape index (κ1) is 16.8. The first-order valence-electron chi connectivity index (χ1n) is 7.90. The summed E-state index contributed by atoms with van der Waals surface area (Å²) in [6.45, 7) is 3.13. The maximum atomic E-state index is 9.01. The van der Waals surface area contributed by atoms with Gasteiger partial charge in [-0.25, -0.2) is 0 Å². The molecule has 124 valence electrons. The van der Waals surface area contributed by atoms with E-state index in [2.05, 4.69) is 10.1 Å². The molecule has 1 aromatic carbocycles. The van der Waals surface area contributed by atoms with Crippen molar-refractivity contribution in [1.82, 2.24) is 10.1 Å². The van der Waals surface area contributed by atoms with E-state index in [0.717, 1.165) is 55.9 Å². The average molecular weight is 355 g/mol. The number of hydrogen-bond acceptors (Lipinski definition) is 4. The van der Waals surface area contributed by atoms with Gasteiger partial charge in [-0.1, -0.05) is 34.4 Å². The van der Waals surface area contributed by atoms with Crippen LogP contribution in [0.15, 0.2) is 28.8 Å². The van der Waals surface area contributed by atoms with Gasteiger partial charge in [0.25, 0.3) is 0 Å². The molecule has 1 aliphatic rings. The SMILES string of the molecule is OCCC1CCN(Cc2cc(-c3ccc(Cl)c(Cl)c3)no2)CC1. The molecule has 0 bridgehead atoms. The van der Waals surface area contributed by atoms with E-state index < -0.39 is 0 Å². The number of halogens is 2. The van der Waals surface area contributed by atoms with Crippen LogP contribution in [0.3, 0.4) is 0 Å². The lowest BCUT2D eigenvalue weighted by atomic mass is 9.94. The van der Waals surface area contributed by atoms with Gasteiger partial charge in [0, 0.05) is 18.2 Å². The Balaban J connectivity index is 1.60. The van der Waals surface area contributed by atoms with Gasteiger partial charge in [-0.15, -0.1) is 0 Å². The number of aromatic nitrogens is 1. The Hall–Kier alpha value is -1.07. The minimum Gasteiger partial charge on any atom is -0.396 e. The Labute approximate surface area is 146 Å². The highest BCUT2D eigenvalue weighted by atomic mass is 35.5. The van der Waals surface area contributed by atoms with Crippen LogP contribution in [0.2, 0.25) is 10.0 Å². The number of aliphatic hydroxyl groups is 1. The monoisotopic (exact) mass is 354 g/mol. The van der Waals surface area contributed by atoms with Crippen LogP contribution in [0.5, 0.6) is 0 Å². The van der Waals surface area contributed by atoms with Gasteiger partial charge in [0.2, 0.25) is 0 Å². The van der Waals surface area contributed by atoms with E-state index >= 15 is 0 Å². The molecule has 0 aliphatic carbocycles. The van der Waals surface area contributed by atoms with Crippen molar-refractivity contribution in [2.75, 3.05) is 19.7 Å². The molecular formula is C17H20Cl2N2O2. The summed E-state index contributed by atoms with van der Waals surface area (Å²) < 4.78 is 5.46. The molecule has 1 aromatic heterocycles. The summed E-state index contributed by atoms with van der Waals surface area (Å²) in [5.41, 5.74) is 1.67. The summed E-state index contributed by atoms with van der Waals surface area (Å²) in [5.74, 6) is 1.50. The molecule has 2 aromatic rings. The van der Waals surface area contributed by atoms with Gasteiger partial charge in [0.15, 0.2) is 5.76 Å². The summed E-state index contributed by atoms with van der Waals surface area (Å²) in [6, 6.07) is 7.40. The van der Waals surface area contributed by atoms with Crippen molar-refractivity contribution in [2.24, 2.45) is 5.92 Å². The number of likely N-dealkylation sites (tertiary alicyclic amines) is 1. The normalized spacial score (nSPS) is 16.8. The second kappa shape index (κ2) is 7.67. The van der Waals surface area contributed by atoms with E-state index in [1.54, 1.807) is 12.1 Å². The minimum atomic E-state index is 0.291. The minimum absolute atomic E-state index is 0.291. The van der Waals surface area contributed by atoms with Crippen molar-refractivity contribution in [3.8, 4) is 11.3 Å². The van der Waals surface area contributed by atoms with E-state index in [-0.39, 0.29) is 0 Å². The largest absolute Gasteiger partial charge is 0.396 e. The molecule has 2 heterocycles. The zero-order chi connectivity index (χ0) is 16.2. The van der Waals surface area contributed by atoms with Crippen LogP contribution in [0.25, 0.3) is 11.3 Å². The standard InChI is InChI=1S/C17H20Cl2N2O2/c18-15-2-1-13(9-16(15)19)17-10-14(23-20-17)11-21-6-3-12(4-7-21)5-8-22/h1-2,9-10,12,22H,3-8,11H2. The van der Waals surface area contributed by atoms with Crippen molar-refractivity contribution in [2.45, 2.75) is 25.8 Å². The zero-order valence-electron chi connectivity index (χ0n) is 12.8. The van der Waals surface area contributed by atoms with Crippen molar-refractivity contribution in [1.29, 1.82) is 0 Å². The summed E-state index contributed by atoms with van der Waals surface area (Å²) in [7, 11) is 0. The Bertz CT molecular complexity index is 652. The van der Waals surface area contributed by atoms with Crippen LogP contribution < -0.4 is 0 Å². The lowest BCUT2D eigenvalue weighted by molar-refractivity contribution is 0.143. The molecule has 23 heavy (non-hydrogen) atoms. The smallest absolute Gasteiger partial charge is 0.151 e. The molecule has 0 unspecified atom stereocenters. The second-order valence-corrected chi connectivity index (χ2v) is 6.85. The van der Waals surface area contributed by atoms with Crippen molar-refractivity contribution in [3.05, 3.63) is 40.1 Å². The number of aliphatic hydroxyl groups excluding tert-OH is 1. The number of nitrogens with zero attached hydrogens (tertiary/aromatic N) is 2. The summed E-state index contributed by atoms with van der Waals surface area (Å²) in [6.07, 6.45) is 3.18. The fourth-order valence-electron chi connectivity index (χ4n) is 3.02. The van der Waals surface area contributed by atoms with E-state index in [9.17, 15) is 0 Å². The van der Waals surface area contributed by atoms with Gasteiger partial charge in [-0.05, 0) is 50.4 Å². The Morgan fingerprint density at radius 2 is 1.96 bits per heavy atom. The highest BCUT2D eigenvalue weighted by molar-refractivity contribution is 6.42. The third-order valence-corrected chi connectivity index (χ3v) is 5.14. The molecule has 6 heteroatoms. The fraction of sp³-hybridized carbons (Fsp3) is 0.471. The van der Waals surface area contributed by atoms with E-state index in [0.29, 0.717) is 22.6 Å². The predicted molar refractivity (Wildman–Crippen MR) is 91.7 cm³/mol. The molecule has 1 N–H and O–H groups in total. The van der Waals surface area contributed by atoms with Gasteiger partial charge >= 0.3 is 0 Å². The number of hydrogen-bond donors (Lipinski definition) is 1. The molecule has 0 atom stereocenters. The lowest BCUT2D eigenvalue weighted by Gasteiger charge is -2.30. The number of rotatable bonds is 5. The van der Waals surface area contributed by atoms with Crippen molar-refractivity contribution >= 4 is 23.2 Å². The average Bonchev–Trinajstić information content (AvgIpc) is 3.01. The topological polar surface area (TPSA) is 49.5 Å². The van der Waals surface area contributed by atoms with Crippen molar-refractivity contribution < 1.29 is 9.63 Å². The number of benzene rings is 1. The lowest BCUT2D eigenvalue weighted by Crippen LogP contribution is -2.33. The Morgan fingerprint density at radius 1 is 1.17 bits per heavy atom. The Morgan fingerprint density at radius 3 is 2.65 bits per heavy atom. The van der Waals surface area contributed by atoms with Crippen molar-refractivity contribution in [3.63, 3.8) is 0 Å². The molecule has 1 saturated heterocycles. The molecule has 0 saturated carbocycles. The molecular weight excluding hydrogens is 335 g/mol. The first-order valence-corrected chi connectivity index (χ1v) is 8.65. The van der Waals surface area contributed by atoms with Crippen LogP contribution in [-0.4, -0.2) is 34.9 Å². The van der Waals surface area contributed by atoms with Gasteiger partial charge in [0.05, 0.1) is 16.6 Å².